The second kappa shape index (κ2) is 2.85. The Balaban J connectivity index is 2.12. The maximum absolute atomic E-state index is 11.5. The molecule has 84 valence electrons. The Hall–Kier alpha value is -0.830. The third-order valence-corrected chi connectivity index (χ3v) is 3.87. The van der Waals surface area contributed by atoms with E-state index >= 15 is 0 Å². The van der Waals surface area contributed by atoms with E-state index in [1.165, 1.54) is 0 Å². The van der Waals surface area contributed by atoms with Crippen LogP contribution < -0.4 is 0 Å². The van der Waals surface area contributed by atoms with Crippen LogP contribution in [-0.2, 0) is 9.53 Å². The summed E-state index contributed by atoms with van der Waals surface area (Å²) in [4.78, 5) is 11.5. The minimum absolute atomic E-state index is 0.236. The second-order valence-electron chi connectivity index (χ2n) is 5.19. The van der Waals surface area contributed by atoms with Crippen molar-refractivity contribution in [2.45, 2.75) is 44.8 Å². The Morgan fingerprint density at radius 1 is 1.40 bits per heavy atom. The highest BCUT2D eigenvalue weighted by atomic mass is 16.6. The topological polar surface area (TPSA) is 46.5 Å². The number of esters is 1. The standard InChI is InChI=1S/C12H18O3/c1-7(2)10(13)15-12(6-9(12)4)11(14)5-8(11)3/h8-9,14H,1,5-6H2,2-4H3. The van der Waals surface area contributed by atoms with Crippen LogP contribution in [0, 0.1) is 11.8 Å². The molecular formula is C12H18O3. The lowest BCUT2D eigenvalue weighted by atomic mass is 10.1. The van der Waals surface area contributed by atoms with Crippen molar-refractivity contribution < 1.29 is 14.6 Å². The fourth-order valence-corrected chi connectivity index (χ4v) is 2.48. The Morgan fingerprint density at radius 2 is 1.87 bits per heavy atom. The summed E-state index contributed by atoms with van der Waals surface area (Å²) in [6.07, 6.45) is 1.51. The molecule has 0 amide bonds. The van der Waals surface area contributed by atoms with Gasteiger partial charge in [0.1, 0.15) is 11.2 Å². The lowest BCUT2D eigenvalue weighted by Crippen LogP contribution is -2.38. The molecule has 4 unspecified atom stereocenters. The molecular weight excluding hydrogens is 192 g/mol. The summed E-state index contributed by atoms with van der Waals surface area (Å²) < 4.78 is 5.43. The van der Waals surface area contributed by atoms with Gasteiger partial charge in [0.25, 0.3) is 0 Å². The maximum Gasteiger partial charge on any atom is 0.333 e. The van der Waals surface area contributed by atoms with Gasteiger partial charge < -0.3 is 9.84 Å². The largest absolute Gasteiger partial charge is 0.452 e. The normalized spacial score (nSPS) is 47.2. The molecule has 3 nitrogen and oxygen atoms in total. The van der Waals surface area contributed by atoms with Crippen LogP contribution in [0.4, 0.5) is 0 Å². The molecule has 0 radical (unpaired) electrons. The Morgan fingerprint density at radius 3 is 2.13 bits per heavy atom. The third-order valence-electron chi connectivity index (χ3n) is 3.87. The summed E-state index contributed by atoms with van der Waals surface area (Å²) in [6.45, 7) is 9.18. The van der Waals surface area contributed by atoms with Crippen molar-refractivity contribution in [3.63, 3.8) is 0 Å². The highest BCUT2D eigenvalue weighted by Crippen LogP contribution is 2.65. The van der Waals surface area contributed by atoms with E-state index in [0.29, 0.717) is 5.57 Å². The fourth-order valence-electron chi connectivity index (χ4n) is 2.48. The van der Waals surface area contributed by atoms with E-state index in [1.807, 2.05) is 13.8 Å². The second-order valence-corrected chi connectivity index (χ2v) is 5.19. The maximum atomic E-state index is 11.5. The fraction of sp³-hybridized carbons (Fsp3) is 0.750. The number of ether oxygens (including phenoxy) is 1. The first-order valence-corrected chi connectivity index (χ1v) is 5.45. The molecule has 2 aliphatic rings. The van der Waals surface area contributed by atoms with Crippen LogP contribution in [0.1, 0.15) is 33.6 Å². The first kappa shape index (κ1) is 10.7. The van der Waals surface area contributed by atoms with Gasteiger partial charge in [-0.3, -0.25) is 0 Å². The Labute approximate surface area is 90.1 Å². The van der Waals surface area contributed by atoms with Gasteiger partial charge in [0.2, 0.25) is 0 Å². The minimum Gasteiger partial charge on any atom is -0.452 e. The van der Waals surface area contributed by atoms with Gasteiger partial charge in [-0.05, 0) is 25.7 Å². The van der Waals surface area contributed by atoms with Crippen LogP contribution in [0.5, 0.6) is 0 Å². The average Bonchev–Trinajstić information content (AvgIpc) is 2.94. The molecule has 2 fully saturated rings. The predicted octanol–water partition coefficient (Wildman–Crippen LogP) is 1.66. The number of carbonyl (C=O) groups excluding carboxylic acids is 1. The molecule has 0 aromatic rings. The van der Waals surface area contributed by atoms with Crippen molar-refractivity contribution in [1.82, 2.24) is 0 Å². The molecule has 4 atom stereocenters. The molecule has 0 aromatic heterocycles. The van der Waals surface area contributed by atoms with Gasteiger partial charge in [0.15, 0.2) is 0 Å². The van der Waals surface area contributed by atoms with Crippen LogP contribution in [0.25, 0.3) is 0 Å². The quantitative estimate of drug-likeness (QED) is 0.569. The van der Waals surface area contributed by atoms with E-state index in [9.17, 15) is 9.90 Å². The lowest BCUT2D eigenvalue weighted by Gasteiger charge is -2.24. The summed E-state index contributed by atoms with van der Waals surface area (Å²) in [5, 5.41) is 10.3. The monoisotopic (exact) mass is 210 g/mol. The molecule has 0 bridgehead atoms. The molecule has 3 heteroatoms. The zero-order chi connectivity index (χ0) is 11.4. The molecule has 0 spiro atoms. The SMILES string of the molecule is C=C(C)C(=O)OC1(C2(O)CC2C)CC1C. The van der Waals surface area contributed by atoms with Crippen molar-refractivity contribution in [3.05, 3.63) is 12.2 Å². The molecule has 15 heavy (non-hydrogen) atoms. The van der Waals surface area contributed by atoms with Crippen molar-refractivity contribution in [2.75, 3.05) is 0 Å². The lowest BCUT2D eigenvalue weighted by molar-refractivity contribution is -0.158. The molecule has 1 N–H and O–H groups in total. The van der Waals surface area contributed by atoms with Crippen LogP contribution in [0.3, 0.4) is 0 Å². The van der Waals surface area contributed by atoms with Gasteiger partial charge in [-0.25, -0.2) is 4.79 Å². The van der Waals surface area contributed by atoms with E-state index in [4.69, 9.17) is 4.74 Å². The minimum atomic E-state index is -0.780. The first-order valence-electron chi connectivity index (χ1n) is 5.45. The van der Waals surface area contributed by atoms with Gasteiger partial charge in [-0.1, -0.05) is 20.4 Å². The van der Waals surface area contributed by atoms with Gasteiger partial charge in [-0.15, -0.1) is 0 Å². The van der Waals surface area contributed by atoms with Gasteiger partial charge in [-0.2, -0.15) is 0 Å². The Kier molecular flexibility index (Phi) is 2.03. The van der Waals surface area contributed by atoms with Crippen molar-refractivity contribution >= 4 is 5.97 Å². The first-order chi connectivity index (χ1) is 6.83. The molecule has 0 aliphatic heterocycles. The van der Waals surface area contributed by atoms with Crippen LogP contribution in [0.2, 0.25) is 0 Å². The number of hydrogen-bond acceptors (Lipinski definition) is 3. The average molecular weight is 210 g/mol. The van der Waals surface area contributed by atoms with Crippen molar-refractivity contribution in [2.24, 2.45) is 11.8 Å². The van der Waals surface area contributed by atoms with E-state index in [0.717, 1.165) is 12.8 Å². The highest BCUT2D eigenvalue weighted by molar-refractivity contribution is 5.87. The summed E-state index contributed by atoms with van der Waals surface area (Å²) in [5.41, 5.74) is -1.01. The van der Waals surface area contributed by atoms with Crippen LogP contribution in [-0.4, -0.2) is 22.3 Å². The van der Waals surface area contributed by atoms with E-state index in [2.05, 4.69) is 6.58 Å². The van der Waals surface area contributed by atoms with E-state index in [-0.39, 0.29) is 17.8 Å². The smallest absolute Gasteiger partial charge is 0.333 e. The highest BCUT2D eigenvalue weighted by Gasteiger charge is 2.76. The van der Waals surface area contributed by atoms with Crippen LogP contribution in [0.15, 0.2) is 12.2 Å². The molecule has 0 saturated heterocycles. The molecule has 0 heterocycles. The molecule has 2 aliphatic carbocycles. The number of hydrogen-bond donors (Lipinski definition) is 1. The van der Waals surface area contributed by atoms with E-state index in [1.54, 1.807) is 6.92 Å². The summed E-state index contributed by atoms with van der Waals surface area (Å²) in [7, 11) is 0. The summed E-state index contributed by atoms with van der Waals surface area (Å²) >= 11 is 0. The van der Waals surface area contributed by atoms with Crippen LogP contribution >= 0.6 is 0 Å². The zero-order valence-electron chi connectivity index (χ0n) is 9.54. The third kappa shape index (κ3) is 1.33. The molecule has 2 saturated carbocycles. The van der Waals surface area contributed by atoms with Gasteiger partial charge >= 0.3 is 5.97 Å². The molecule has 2 rings (SSSR count). The predicted molar refractivity (Wildman–Crippen MR) is 56.1 cm³/mol. The number of rotatable bonds is 3. The Bertz CT molecular complexity index is 336. The summed E-state index contributed by atoms with van der Waals surface area (Å²) in [5.74, 6) is 0.114. The zero-order valence-corrected chi connectivity index (χ0v) is 9.54. The molecule has 0 aromatic carbocycles. The van der Waals surface area contributed by atoms with Gasteiger partial charge in [0, 0.05) is 11.5 Å². The number of aliphatic hydroxyl groups is 1. The van der Waals surface area contributed by atoms with Gasteiger partial charge in [0.05, 0.1) is 0 Å². The van der Waals surface area contributed by atoms with E-state index < -0.39 is 11.2 Å². The van der Waals surface area contributed by atoms with Crippen molar-refractivity contribution in [3.8, 4) is 0 Å². The summed E-state index contributed by atoms with van der Waals surface area (Å²) in [6, 6.07) is 0. The van der Waals surface area contributed by atoms with Crippen molar-refractivity contribution in [1.29, 1.82) is 0 Å². The number of carbonyl (C=O) groups is 1.